The van der Waals surface area contributed by atoms with E-state index in [-0.39, 0.29) is 11.8 Å². The molecule has 5 nitrogen and oxygen atoms in total. The fraction of sp³-hybridized carbons (Fsp3) is 1.00. The van der Waals surface area contributed by atoms with E-state index in [1.54, 1.807) is 0 Å². The van der Waals surface area contributed by atoms with Gasteiger partial charge in [0.1, 0.15) is 0 Å². The molecule has 0 aromatic rings. The Morgan fingerprint density at radius 1 is 1.33 bits per heavy atom. The first-order valence-corrected chi connectivity index (χ1v) is 8.65. The Morgan fingerprint density at radius 2 is 2.06 bits per heavy atom. The van der Waals surface area contributed by atoms with Crippen LogP contribution in [0.5, 0.6) is 0 Å². The van der Waals surface area contributed by atoms with E-state index in [2.05, 4.69) is 28.8 Å². The third kappa shape index (κ3) is 6.13. The maximum atomic E-state index is 11.8. The Kier molecular flexibility index (Phi) is 7.14. The van der Waals surface area contributed by atoms with Gasteiger partial charge in [-0.05, 0) is 45.4 Å². The summed E-state index contributed by atoms with van der Waals surface area (Å²) in [5.41, 5.74) is 0. The van der Waals surface area contributed by atoms with Gasteiger partial charge in [-0.15, -0.1) is 0 Å². The van der Waals surface area contributed by atoms with Crippen LogP contribution in [0.4, 0.5) is 0 Å². The number of nitrogens with zero attached hydrogens (tertiary/aromatic N) is 1. The molecular weight excluding hydrogens is 250 g/mol. The van der Waals surface area contributed by atoms with Crippen LogP contribution in [0.15, 0.2) is 0 Å². The van der Waals surface area contributed by atoms with Gasteiger partial charge in [-0.25, -0.2) is 13.1 Å². The van der Waals surface area contributed by atoms with Gasteiger partial charge in [0.05, 0.1) is 5.75 Å². The van der Waals surface area contributed by atoms with Crippen LogP contribution in [0.2, 0.25) is 0 Å². The molecule has 1 heterocycles. The third-order valence-electron chi connectivity index (χ3n) is 3.45. The fourth-order valence-electron chi connectivity index (χ4n) is 2.29. The average Bonchev–Trinajstić information content (AvgIpc) is 2.81. The van der Waals surface area contributed by atoms with E-state index in [9.17, 15) is 8.42 Å². The van der Waals surface area contributed by atoms with Crippen LogP contribution < -0.4 is 10.0 Å². The van der Waals surface area contributed by atoms with E-state index in [1.807, 2.05) is 0 Å². The standard InChI is InChI=1S/C12H27N3O2S/c1-3-15(4-2)10-6-9-14-18(16,17)11-12-7-5-8-13-12/h12-14H,3-11H2,1-2H3. The Labute approximate surface area is 111 Å². The van der Waals surface area contributed by atoms with Crippen LogP contribution in [0.25, 0.3) is 0 Å². The van der Waals surface area contributed by atoms with Crippen LogP contribution in [0.3, 0.4) is 0 Å². The van der Waals surface area contributed by atoms with Crippen molar-refractivity contribution < 1.29 is 8.42 Å². The number of hydrogen-bond donors (Lipinski definition) is 2. The molecule has 18 heavy (non-hydrogen) atoms. The lowest BCUT2D eigenvalue weighted by Crippen LogP contribution is -2.37. The van der Waals surface area contributed by atoms with Crippen molar-refractivity contribution in [3.8, 4) is 0 Å². The second-order valence-corrected chi connectivity index (χ2v) is 6.70. The van der Waals surface area contributed by atoms with Crippen molar-refractivity contribution in [3.05, 3.63) is 0 Å². The minimum atomic E-state index is -3.11. The maximum Gasteiger partial charge on any atom is 0.213 e. The molecule has 108 valence electrons. The first-order chi connectivity index (χ1) is 8.57. The molecule has 1 rings (SSSR count). The molecular formula is C12H27N3O2S. The predicted molar refractivity (Wildman–Crippen MR) is 75.2 cm³/mol. The van der Waals surface area contributed by atoms with Crippen molar-refractivity contribution in [1.29, 1.82) is 0 Å². The van der Waals surface area contributed by atoms with Gasteiger partial charge in [-0.2, -0.15) is 0 Å². The summed E-state index contributed by atoms with van der Waals surface area (Å²) in [4.78, 5) is 2.30. The van der Waals surface area contributed by atoms with Gasteiger partial charge in [0.15, 0.2) is 0 Å². The van der Waals surface area contributed by atoms with Gasteiger partial charge in [-0.3, -0.25) is 0 Å². The summed E-state index contributed by atoms with van der Waals surface area (Å²) in [6.45, 7) is 8.74. The van der Waals surface area contributed by atoms with Gasteiger partial charge in [0.2, 0.25) is 10.0 Å². The first-order valence-electron chi connectivity index (χ1n) is 7.00. The molecule has 0 aliphatic carbocycles. The van der Waals surface area contributed by atoms with Crippen LogP contribution in [0, 0.1) is 0 Å². The number of nitrogens with one attached hydrogen (secondary N) is 2. The molecule has 0 aromatic carbocycles. The molecule has 1 unspecified atom stereocenters. The molecule has 1 fully saturated rings. The average molecular weight is 277 g/mol. The lowest BCUT2D eigenvalue weighted by molar-refractivity contribution is 0.300. The van der Waals surface area contributed by atoms with E-state index in [1.165, 1.54) is 0 Å². The molecule has 1 saturated heterocycles. The first kappa shape index (κ1) is 15.9. The molecule has 0 aromatic heterocycles. The summed E-state index contributed by atoms with van der Waals surface area (Å²) in [5.74, 6) is 0.221. The Morgan fingerprint density at radius 3 is 2.61 bits per heavy atom. The normalized spacial score (nSPS) is 20.7. The largest absolute Gasteiger partial charge is 0.313 e. The number of hydrogen-bond acceptors (Lipinski definition) is 4. The minimum absolute atomic E-state index is 0.144. The summed E-state index contributed by atoms with van der Waals surface area (Å²) in [7, 11) is -3.11. The summed E-state index contributed by atoms with van der Waals surface area (Å²) < 4.78 is 26.3. The third-order valence-corrected chi connectivity index (χ3v) is 4.94. The summed E-state index contributed by atoms with van der Waals surface area (Å²) >= 11 is 0. The van der Waals surface area contributed by atoms with E-state index in [0.29, 0.717) is 6.54 Å². The maximum absolute atomic E-state index is 11.8. The SMILES string of the molecule is CCN(CC)CCCNS(=O)(=O)CC1CCCN1. The molecule has 0 radical (unpaired) electrons. The highest BCUT2D eigenvalue weighted by Gasteiger charge is 2.21. The molecule has 2 N–H and O–H groups in total. The quantitative estimate of drug-likeness (QED) is 0.599. The highest BCUT2D eigenvalue weighted by molar-refractivity contribution is 7.89. The van der Waals surface area contributed by atoms with Gasteiger partial charge >= 0.3 is 0 Å². The van der Waals surface area contributed by atoms with E-state index in [4.69, 9.17) is 0 Å². The predicted octanol–water partition coefficient (Wildman–Crippen LogP) is 0.390. The van der Waals surface area contributed by atoms with E-state index in [0.717, 1.165) is 45.4 Å². The lowest BCUT2D eigenvalue weighted by Gasteiger charge is -2.18. The second kappa shape index (κ2) is 8.09. The van der Waals surface area contributed by atoms with Crippen LogP contribution in [-0.4, -0.2) is 57.8 Å². The lowest BCUT2D eigenvalue weighted by atomic mass is 10.3. The number of sulfonamides is 1. The van der Waals surface area contributed by atoms with Crippen molar-refractivity contribution in [2.24, 2.45) is 0 Å². The molecule has 1 aliphatic heterocycles. The zero-order chi connectivity index (χ0) is 13.4. The minimum Gasteiger partial charge on any atom is -0.313 e. The van der Waals surface area contributed by atoms with E-state index < -0.39 is 10.0 Å². The monoisotopic (exact) mass is 277 g/mol. The van der Waals surface area contributed by atoms with Crippen LogP contribution in [-0.2, 0) is 10.0 Å². The van der Waals surface area contributed by atoms with Crippen LogP contribution >= 0.6 is 0 Å². The van der Waals surface area contributed by atoms with Crippen molar-refractivity contribution >= 4 is 10.0 Å². The molecule has 6 heteroatoms. The highest BCUT2D eigenvalue weighted by Crippen LogP contribution is 2.06. The van der Waals surface area contributed by atoms with Crippen LogP contribution in [0.1, 0.15) is 33.1 Å². The summed E-state index contributed by atoms with van der Waals surface area (Å²) in [6, 6.07) is 0.144. The van der Waals surface area contributed by atoms with Crippen molar-refractivity contribution in [2.45, 2.75) is 39.2 Å². The van der Waals surface area contributed by atoms with Gasteiger partial charge < -0.3 is 10.2 Å². The van der Waals surface area contributed by atoms with Gasteiger partial charge in [0.25, 0.3) is 0 Å². The van der Waals surface area contributed by atoms with Crippen molar-refractivity contribution in [3.63, 3.8) is 0 Å². The van der Waals surface area contributed by atoms with Gasteiger partial charge in [0, 0.05) is 12.6 Å². The van der Waals surface area contributed by atoms with Crippen molar-refractivity contribution in [1.82, 2.24) is 14.9 Å². The topological polar surface area (TPSA) is 61.4 Å². The summed E-state index contributed by atoms with van der Waals surface area (Å²) in [6.07, 6.45) is 2.93. The fourth-order valence-corrected chi connectivity index (χ4v) is 3.68. The Balaban J connectivity index is 2.16. The molecule has 0 saturated carbocycles. The zero-order valence-corrected chi connectivity index (χ0v) is 12.4. The number of rotatable bonds is 9. The Bertz CT molecular complexity index is 309. The Hall–Kier alpha value is -0.170. The molecule has 0 spiro atoms. The molecule has 0 bridgehead atoms. The molecule has 0 amide bonds. The van der Waals surface area contributed by atoms with Gasteiger partial charge in [-0.1, -0.05) is 13.8 Å². The highest BCUT2D eigenvalue weighted by atomic mass is 32.2. The summed E-state index contributed by atoms with van der Waals surface area (Å²) in [5, 5.41) is 3.21. The zero-order valence-electron chi connectivity index (χ0n) is 11.6. The van der Waals surface area contributed by atoms with Crippen molar-refractivity contribution in [2.75, 3.05) is 38.5 Å². The molecule has 1 atom stereocenters. The molecule has 1 aliphatic rings. The smallest absolute Gasteiger partial charge is 0.213 e. The second-order valence-electron chi connectivity index (χ2n) is 4.85. The van der Waals surface area contributed by atoms with E-state index >= 15 is 0 Å².